The van der Waals surface area contributed by atoms with E-state index in [4.69, 9.17) is 0 Å². The lowest BCUT2D eigenvalue weighted by Gasteiger charge is -2.31. The van der Waals surface area contributed by atoms with Crippen molar-refractivity contribution in [3.8, 4) is 0 Å². The Morgan fingerprint density at radius 3 is 2.86 bits per heavy atom. The van der Waals surface area contributed by atoms with Gasteiger partial charge in [0.15, 0.2) is 0 Å². The monoisotopic (exact) mass is 376 g/mol. The van der Waals surface area contributed by atoms with Crippen LogP contribution in [-0.2, 0) is 0 Å². The van der Waals surface area contributed by atoms with E-state index in [1.54, 1.807) is 6.07 Å². The first kappa shape index (κ1) is 17.2. The highest BCUT2D eigenvalue weighted by atomic mass is 79.9. The highest BCUT2D eigenvalue weighted by Gasteiger charge is 2.28. The number of hydrogen-bond donors (Lipinski definition) is 1. The van der Waals surface area contributed by atoms with Crippen LogP contribution in [0.15, 0.2) is 22.7 Å². The number of likely N-dealkylation sites (tertiary alicyclic amines) is 1. The highest BCUT2D eigenvalue weighted by Crippen LogP contribution is 2.34. The number of hydrogen-bond acceptors (Lipinski definition) is 2. The third kappa shape index (κ3) is 4.19. The summed E-state index contributed by atoms with van der Waals surface area (Å²) in [6.07, 6.45) is 4.99. The SMILES string of the molecule is Cl.Fc1cc(C2CCCN2CC2CCCNC2)ccc1Br. The largest absolute Gasteiger partial charge is 0.316 e. The van der Waals surface area contributed by atoms with E-state index >= 15 is 0 Å². The van der Waals surface area contributed by atoms with Gasteiger partial charge in [-0.3, -0.25) is 4.90 Å². The fraction of sp³-hybridized carbons (Fsp3) is 0.625. The Morgan fingerprint density at radius 1 is 1.29 bits per heavy atom. The molecule has 0 spiro atoms. The van der Waals surface area contributed by atoms with E-state index < -0.39 is 0 Å². The normalized spacial score (nSPS) is 26.6. The van der Waals surface area contributed by atoms with Crippen molar-refractivity contribution >= 4 is 28.3 Å². The third-order valence-electron chi connectivity index (χ3n) is 4.58. The minimum atomic E-state index is -0.145. The predicted octanol–water partition coefficient (Wildman–Crippen LogP) is 4.15. The number of nitrogens with zero attached hydrogens (tertiary/aromatic N) is 1. The average Bonchev–Trinajstić information content (AvgIpc) is 2.91. The maximum absolute atomic E-state index is 13.7. The molecular formula is C16H23BrClFN2. The summed E-state index contributed by atoms with van der Waals surface area (Å²) in [4.78, 5) is 2.56. The first-order valence-electron chi connectivity index (χ1n) is 7.64. The fourth-order valence-electron chi connectivity index (χ4n) is 3.55. The fourth-order valence-corrected chi connectivity index (χ4v) is 3.80. The number of piperidine rings is 1. The predicted molar refractivity (Wildman–Crippen MR) is 90.5 cm³/mol. The van der Waals surface area contributed by atoms with Crippen molar-refractivity contribution in [3.05, 3.63) is 34.1 Å². The van der Waals surface area contributed by atoms with Gasteiger partial charge in [-0.25, -0.2) is 4.39 Å². The van der Waals surface area contributed by atoms with Crippen molar-refractivity contribution in [1.29, 1.82) is 0 Å². The van der Waals surface area contributed by atoms with Gasteiger partial charge in [0, 0.05) is 12.6 Å². The van der Waals surface area contributed by atoms with Gasteiger partial charge in [0.1, 0.15) is 5.82 Å². The first-order chi connectivity index (χ1) is 9.74. The summed E-state index contributed by atoms with van der Waals surface area (Å²) in [6.45, 7) is 4.60. The maximum atomic E-state index is 13.7. The summed E-state index contributed by atoms with van der Waals surface area (Å²) in [7, 11) is 0. The Hall–Kier alpha value is -0.160. The summed E-state index contributed by atoms with van der Waals surface area (Å²) in [5.41, 5.74) is 1.13. The van der Waals surface area contributed by atoms with Gasteiger partial charge >= 0.3 is 0 Å². The molecule has 118 valence electrons. The van der Waals surface area contributed by atoms with Crippen molar-refractivity contribution in [2.45, 2.75) is 31.7 Å². The molecule has 2 atom stereocenters. The van der Waals surface area contributed by atoms with Crippen LogP contribution in [0.1, 0.15) is 37.3 Å². The maximum Gasteiger partial charge on any atom is 0.137 e. The molecule has 2 heterocycles. The molecule has 2 fully saturated rings. The molecule has 2 aliphatic rings. The van der Waals surface area contributed by atoms with Crippen LogP contribution in [0.4, 0.5) is 4.39 Å². The van der Waals surface area contributed by atoms with E-state index in [9.17, 15) is 4.39 Å². The van der Waals surface area contributed by atoms with E-state index in [1.807, 2.05) is 6.07 Å². The topological polar surface area (TPSA) is 15.3 Å². The van der Waals surface area contributed by atoms with Gasteiger partial charge in [0.05, 0.1) is 4.47 Å². The molecule has 0 amide bonds. The molecule has 2 unspecified atom stereocenters. The van der Waals surface area contributed by atoms with Gasteiger partial charge in [-0.2, -0.15) is 0 Å². The van der Waals surface area contributed by atoms with Gasteiger partial charge in [-0.15, -0.1) is 12.4 Å². The Labute approximate surface area is 141 Å². The van der Waals surface area contributed by atoms with E-state index in [2.05, 4.69) is 32.2 Å². The van der Waals surface area contributed by atoms with Crippen molar-refractivity contribution in [2.75, 3.05) is 26.2 Å². The van der Waals surface area contributed by atoms with E-state index in [-0.39, 0.29) is 18.2 Å². The molecule has 0 aromatic heterocycles. The molecule has 0 saturated carbocycles. The second kappa shape index (κ2) is 7.91. The van der Waals surface area contributed by atoms with Crippen LogP contribution in [0.25, 0.3) is 0 Å². The number of nitrogens with one attached hydrogen (secondary N) is 1. The Bertz CT molecular complexity index is 466. The molecule has 1 N–H and O–H groups in total. The standard InChI is InChI=1S/C16H22BrFN2.ClH/c17-14-6-5-13(9-15(14)18)16-4-2-8-20(16)11-12-3-1-7-19-10-12;/h5-6,9,12,16,19H,1-4,7-8,10-11H2;1H. The Kier molecular flexibility index (Phi) is 6.48. The van der Waals surface area contributed by atoms with Gasteiger partial charge in [-0.05, 0) is 84.9 Å². The lowest BCUT2D eigenvalue weighted by molar-refractivity contribution is 0.195. The molecule has 1 aromatic rings. The summed E-state index contributed by atoms with van der Waals surface area (Å²) in [5, 5.41) is 3.49. The average molecular weight is 378 g/mol. The second-order valence-electron chi connectivity index (χ2n) is 6.04. The molecule has 21 heavy (non-hydrogen) atoms. The van der Waals surface area contributed by atoms with Crippen molar-refractivity contribution < 1.29 is 4.39 Å². The number of rotatable bonds is 3. The second-order valence-corrected chi connectivity index (χ2v) is 6.89. The van der Waals surface area contributed by atoms with Gasteiger partial charge in [0.25, 0.3) is 0 Å². The molecule has 3 rings (SSSR count). The molecular weight excluding hydrogens is 355 g/mol. The number of benzene rings is 1. The van der Waals surface area contributed by atoms with Crippen molar-refractivity contribution in [1.82, 2.24) is 10.2 Å². The smallest absolute Gasteiger partial charge is 0.137 e. The molecule has 0 bridgehead atoms. The molecule has 2 nitrogen and oxygen atoms in total. The minimum Gasteiger partial charge on any atom is -0.316 e. The Morgan fingerprint density at radius 2 is 2.14 bits per heavy atom. The van der Waals surface area contributed by atoms with Crippen LogP contribution in [-0.4, -0.2) is 31.1 Å². The van der Waals surface area contributed by atoms with Crippen molar-refractivity contribution in [3.63, 3.8) is 0 Å². The molecule has 2 saturated heterocycles. The summed E-state index contributed by atoms with van der Waals surface area (Å²) in [5.74, 6) is 0.610. The molecule has 0 radical (unpaired) electrons. The molecule has 0 aliphatic carbocycles. The van der Waals surface area contributed by atoms with Gasteiger partial charge in [-0.1, -0.05) is 6.07 Å². The zero-order chi connectivity index (χ0) is 13.9. The Balaban J connectivity index is 0.00000161. The molecule has 1 aromatic carbocycles. The van der Waals surface area contributed by atoms with Crippen LogP contribution in [0.3, 0.4) is 0 Å². The first-order valence-corrected chi connectivity index (χ1v) is 8.43. The molecule has 5 heteroatoms. The summed E-state index contributed by atoms with van der Waals surface area (Å²) >= 11 is 3.24. The quantitative estimate of drug-likeness (QED) is 0.851. The van der Waals surface area contributed by atoms with Crippen LogP contribution < -0.4 is 5.32 Å². The lowest BCUT2D eigenvalue weighted by atomic mass is 9.97. The minimum absolute atomic E-state index is 0. The van der Waals surface area contributed by atoms with Crippen LogP contribution in [0.2, 0.25) is 0 Å². The van der Waals surface area contributed by atoms with E-state index in [0.29, 0.717) is 10.5 Å². The lowest BCUT2D eigenvalue weighted by Crippen LogP contribution is -2.38. The van der Waals surface area contributed by atoms with Crippen molar-refractivity contribution in [2.24, 2.45) is 5.92 Å². The zero-order valence-corrected chi connectivity index (χ0v) is 14.6. The summed E-state index contributed by atoms with van der Waals surface area (Å²) in [6, 6.07) is 6.00. The molecule has 2 aliphatic heterocycles. The zero-order valence-electron chi connectivity index (χ0n) is 12.2. The van der Waals surface area contributed by atoms with Crippen LogP contribution in [0.5, 0.6) is 0 Å². The van der Waals surface area contributed by atoms with Crippen LogP contribution >= 0.6 is 28.3 Å². The third-order valence-corrected chi connectivity index (χ3v) is 5.23. The van der Waals surface area contributed by atoms with Gasteiger partial charge in [0.2, 0.25) is 0 Å². The van der Waals surface area contributed by atoms with Gasteiger partial charge < -0.3 is 5.32 Å². The van der Waals surface area contributed by atoms with E-state index in [1.165, 1.54) is 19.3 Å². The van der Waals surface area contributed by atoms with Crippen LogP contribution in [0, 0.1) is 11.7 Å². The van der Waals surface area contributed by atoms with E-state index in [0.717, 1.165) is 44.1 Å². The number of halogens is 3. The summed E-state index contributed by atoms with van der Waals surface area (Å²) < 4.78 is 14.3. The highest BCUT2D eigenvalue weighted by molar-refractivity contribution is 9.10.